The van der Waals surface area contributed by atoms with Gasteiger partial charge in [0.05, 0.1) is 13.2 Å². The summed E-state index contributed by atoms with van der Waals surface area (Å²) in [5.74, 6) is 1.87. The predicted molar refractivity (Wildman–Crippen MR) is 80.7 cm³/mol. The van der Waals surface area contributed by atoms with Crippen molar-refractivity contribution in [2.24, 2.45) is 7.05 Å². The van der Waals surface area contributed by atoms with Gasteiger partial charge in [-0.05, 0) is 30.9 Å². The Kier molecular flexibility index (Phi) is 4.03. The van der Waals surface area contributed by atoms with Crippen LogP contribution in [0.1, 0.15) is 35.2 Å². The van der Waals surface area contributed by atoms with Crippen LogP contribution in [0, 0.1) is 6.92 Å². The Morgan fingerprint density at radius 3 is 2.86 bits per heavy atom. The molecule has 0 saturated heterocycles. The van der Waals surface area contributed by atoms with Crippen LogP contribution >= 0.6 is 0 Å². The van der Waals surface area contributed by atoms with Crippen molar-refractivity contribution < 1.29 is 5.11 Å². The number of hydrogen-bond acceptors (Lipinski definition) is 4. The zero-order valence-electron chi connectivity index (χ0n) is 12.7. The van der Waals surface area contributed by atoms with E-state index in [0.29, 0.717) is 12.6 Å². The van der Waals surface area contributed by atoms with E-state index >= 15 is 0 Å². The van der Waals surface area contributed by atoms with Gasteiger partial charge in [-0.3, -0.25) is 4.90 Å². The molecule has 0 spiro atoms. The second-order valence-corrected chi connectivity index (χ2v) is 5.67. The summed E-state index contributed by atoms with van der Waals surface area (Å²) in [5, 5.41) is 17.8. The summed E-state index contributed by atoms with van der Waals surface area (Å²) in [7, 11) is 1.99. The molecule has 1 aromatic carbocycles. The van der Waals surface area contributed by atoms with Gasteiger partial charge in [0.15, 0.2) is 0 Å². The normalized spacial score (nSPS) is 17.4. The highest BCUT2D eigenvalue weighted by atomic mass is 16.3. The fourth-order valence-corrected chi connectivity index (χ4v) is 3.16. The van der Waals surface area contributed by atoms with Crippen molar-refractivity contribution in [2.45, 2.75) is 32.4 Å². The first-order valence-electron chi connectivity index (χ1n) is 7.48. The van der Waals surface area contributed by atoms with Crippen molar-refractivity contribution in [1.29, 1.82) is 0 Å². The molecule has 0 bridgehead atoms. The van der Waals surface area contributed by atoms with Crippen LogP contribution in [-0.2, 0) is 20.0 Å². The zero-order chi connectivity index (χ0) is 14.8. The number of fused-ring (bicyclic) bond motifs is 1. The summed E-state index contributed by atoms with van der Waals surface area (Å²) in [6.45, 7) is 3.50. The monoisotopic (exact) mass is 286 g/mol. The molecule has 5 nitrogen and oxygen atoms in total. The van der Waals surface area contributed by atoms with Crippen LogP contribution in [-0.4, -0.2) is 37.9 Å². The molecule has 1 unspecified atom stereocenters. The van der Waals surface area contributed by atoms with Crippen LogP contribution in [0.4, 0.5) is 0 Å². The maximum atomic E-state index is 9.41. The average Bonchev–Trinajstić information content (AvgIpc) is 3.05. The first-order chi connectivity index (χ1) is 10.2. The Morgan fingerprint density at radius 1 is 1.33 bits per heavy atom. The van der Waals surface area contributed by atoms with Gasteiger partial charge in [0.25, 0.3) is 0 Å². The molecule has 0 saturated carbocycles. The van der Waals surface area contributed by atoms with E-state index in [2.05, 4.69) is 39.4 Å². The van der Waals surface area contributed by atoms with E-state index in [9.17, 15) is 5.11 Å². The van der Waals surface area contributed by atoms with Crippen LogP contribution < -0.4 is 0 Å². The number of benzene rings is 1. The Hall–Kier alpha value is -1.72. The molecule has 1 atom stereocenters. The van der Waals surface area contributed by atoms with Crippen LogP contribution in [0.15, 0.2) is 24.3 Å². The Morgan fingerprint density at radius 2 is 2.14 bits per heavy atom. The van der Waals surface area contributed by atoms with Gasteiger partial charge in [0.2, 0.25) is 0 Å². The third-order valence-electron chi connectivity index (χ3n) is 4.46. The van der Waals surface area contributed by atoms with Gasteiger partial charge < -0.3 is 9.67 Å². The highest BCUT2D eigenvalue weighted by Crippen LogP contribution is 2.36. The molecular formula is C16H22N4O. The van der Waals surface area contributed by atoms with E-state index in [1.165, 1.54) is 11.1 Å². The molecule has 1 N–H and O–H groups in total. The van der Waals surface area contributed by atoms with E-state index in [1.54, 1.807) is 0 Å². The lowest BCUT2D eigenvalue weighted by Crippen LogP contribution is -2.31. The first-order valence-corrected chi connectivity index (χ1v) is 7.48. The summed E-state index contributed by atoms with van der Waals surface area (Å²) in [6.07, 6.45) is 2.22. The number of aromatic nitrogens is 3. The minimum absolute atomic E-state index is 0.162. The summed E-state index contributed by atoms with van der Waals surface area (Å²) in [4.78, 5) is 2.31. The standard InChI is InChI=1S/C16H22N4O/c1-12-17-18-16(19(12)2)11-20(9-10-21)15-8-7-13-5-3-4-6-14(13)15/h3-6,15,21H,7-11H2,1-2H3. The fourth-order valence-electron chi connectivity index (χ4n) is 3.16. The van der Waals surface area contributed by atoms with E-state index in [1.807, 2.05) is 18.5 Å². The SMILES string of the molecule is Cc1nnc(CN(CCO)C2CCc3ccccc32)n1C. The van der Waals surface area contributed by atoms with Gasteiger partial charge in [-0.1, -0.05) is 24.3 Å². The average molecular weight is 286 g/mol. The second kappa shape index (κ2) is 5.95. The molecule has 1 aliphatic carbocycles. The van der Waals surface area contributed by atoms with E-state index in [0.717, 1.165) is 31.0 Å². The van der Waals surface area contributed by atoms with Gasteiger partial charge in [-0.2, -0.15) is 0 Å². The minimum atomic E-state index is 0.162. The Labute approximate surface area is 125 Å². The molecule has 1 aromatic heterocycles. The number of aliphatic hydroxyl groups excluding tert-OH is 1. The molecule has 112 valence electrons. The number of nitrogens with zero attached hydrogens (tertiary/aromatic N) is 4. The lowest BCUT2D eigenvalue weighted by atomic mass is 10.1. The molecule has 0 radical (unpaired) electrons. The van der Waals surface area contributed by atoms with Crippen molar-refractivity contribution in [3.63, 3.8) is 0 Å². The van der Waals surface area contributed by atoms with Crippen LogP contribution in [0.2, 0.25) is 0 Å². The van der Waals surface area contributed by atoms with Gasteiger partial charge in [-0.15, -0.1) is 10.2 Å². The molecule has 0 amide bonds. The number of rotatable bonds is 5. The smallest absolute Gasteiger partial charge is 0.146 e. The topological polar surface area (TPSA) is 54.2 Å². The lowest BCUT2D eigenvalue weighted by molar-refractivity contribution is 0.138. The lowest BCUT2D eigenvalue weighted by Gasteiger charge is -2.28. The predicted octanol–water partition coefficient (Wildman–Crippen LogP) is 1.61. The molecule has 3 rings (SSSR count). The van der Waals surface area contributed by atoms with Crippen molar-refractivity contribution in [3.05, 3.63) is 47.0 Å². The molecule has 0 fully saturated rings. The highest BCUT2D eigenvalue weighted by Gasteiger charge is 2.28. The molecule has 21 heavy (non-hydrogen) atoms. The third kappa shape index (κ3) is 2.71. The van der Waals surface area contributed by atoms with Gasteiger partial charge in [0, 0.05) is 19.6 Å². The second-order valence-electron chi connectivity index (χ2n) is 5.67. The quantitative estimate of drug-likeness (QED) is 0.907. The maximum Gasteiger partial charge on any atom is 0.146 e. The van der Waals surface area contributed by atoms with Gasteiger partial charge >= 0.3 is 0 Å². The van der Waals surface area contributed by atoms with Gasteiger partial charge in [0.1, 0.15) is 11.6 Å². The molecule has 5 heteroatoms. The zero-order valence-corrected chi connectivity index (χ0v) is 12.7. The van der Waals surface area contributed by atoms with Crippen molar-refractivity contribution >= 4 is 0 Å². The molecule has 1 aliphatic rings. The van der Waals surface area contributed by atoms with E-state index in [-0.39, 0.29) is 6.61 Å². The summed E-state index contributed by atoms with van der Waals surface area (Å²) in [5.41, 5.74) is 2.82. The largest absolute Gasteiger partial charge is 0.395 e. The number of hydrogen-bond donors (Lipinski definition) is 1. The Bertz CT molecular complexity index is 622. The van der Waals surface area contributed by atoms with Crippen molar-refractivity contribution in [1.82, 2.24) is 19.7 Å². The first kappa shape index (κ1) is 14.2. The van der Waals surface area contributed by atoms with Crippen molar-refractivity contribution in [3.8, 4) is 0 Å². The van der Waals surface area contributed by atoms with Crippen LogP contribution in [0.3, 0.4) is 0 Å². The molecule has 0 aliphatic heterocycles. The molecule has 2 aromatic rings. The summed E-state index contributed by atoms with van der Waals surface area (Å²) < 4.78 is 2.02. The molecular weight excluding hydrogens is 264 g/mol. The number of aryl methyl sites for hydroxylation is 2. The number of aliphatic hydroxyl groups is 1. The third-order valence-corrected chi connectivity index (χ3v) is 4.46. The van der Waals surface area contributed by atoms with Crippen LogP contribution in [0.25, 0.3) is 0 Å². The summed E-state index contributed by atoms with van der Waals surface area (Å²) >= 11 is 0. The minimum Gasteiger partial charge on any atom is -0.395 e. The molecule has 1 heterocycles. The fraction of sp³-hybridized carbons (Fsp3) is 0.500. The van der Waals surface area contributed by atoms with E-state index in [4.69, 9.17) is 0 Å². The van der Waals surface area contributed by atoms with Crippen molar-refractivity contribution in [2.75, 3.05) is 13.2 Å². The highest BCUT2D eigenvalue weighted by molar-refractivity contribution is 5.34. The van der Waals surface area contributed by atoms with E-state index < -0.39 is 0 Å². The Balaban J connectivity index is 1.84. The van der Waals surface area contributed by atoms with Gasteiger partial charge in [-0.25, -0.2) is 0 Å². The maximum absolute atomic E-state index is 9.41. The van der Waals surface area contributed by atoms with Crippen LogP contribution in [0.5, 0.6) is 0 Å². The summed E-state index contributed by atoms with van der Waals surface area (Å²) in [6, 6.07) is 8.98.